The average Bonchev–Trinajstić information content (AvgIpc) is 3.57. The number of carbonyl (C=O) groups excluding carboxylic acids is 5. The number of rotatable bonds is 13. The van der Waals surface area contributed by atoms with E-state index in [4.69, 9.17) is 5.73 Å². The zero-order valence-corrected chi connectivity index (χ0v) is 29.0. The maximum Gasteiger partial charge on any atom is 0.315 e. The Kier molecular flexibility index (Phi) is 12.1. The summed E-state index contributed by atoms with van der Waals surface area (Å²) >= 11 is 0. The molecule has 0 spiro atoms. The minimum Gasteiger partial charge on any atom is -0.363 e. The van der Waals surface area contributed by atoms with Crippen LogP contribution in [0.3, 0.4) is 0 Å². The first kappa shape index (κ1) is 37.5. The molecule has 5 amide bonds. The largest absolute Gasteiger partial charge is 0.363 e. The summed E-state index contributed by atoms with van der Waals surface area (Å²) in [6.45, 7) is 18.0. The molecule has 1 aliphatic heterocycles. The molecule has 1 saturated heterocycles. The molecule has 2 rings (SSSR count). The molecule has 0 aromatic carbocycles. The summed E-state index contributed by atoms with van der Waals surface area (Å²) in [6.07, 6.45) is 2.67. The van der Waals surface area contributed by atoms with E-state index in [2.05, 4.69) is 16.0 Å². The highest BCUT2D eigenvalue weighted by Crippen LogP contribution is 2.35. The number of ketones is 1. The number of likely N-dealkylation sites (tertiary alicyclic amines) is 1. The summed E-state index contributed by atoms with van der Waals surface area (Å²) in [5.74, 6) is -3.39. The van der Waals surface area contributed by atoms with Gasteiger partial charge in [-0.25, -0.2) is 13.2 Å². The van der Waals surface area contributed by atoms with Gasteiger partial charge in [0.1, 0.15) is 12.1 Å². The van der Waals surface area contributed by atoms with Crippen LogP contribution >= 0.6 is 0 Å². The number of urea groups is 1. The number of primary amides is 1. The number of nitrogens with one attached hydrogen (secondary N) is 3. The van der Waals surface area contributed by atoms with Crippen molar-refractivity contribution in [2.24, 2.45) is 34.8 Å². The fourth-order valence-corrected chi connectivity index (χ4v) is 6.93. The number of hydrogen-bond donors (Lipinski definition) is 4. The van der Waals surface area contributed by atoms with Crippen LogP contribution in [-0.4, -0.2) is 84.1 Å². The minimum atomic E-state index is -3.55. The number of nitrogens with zero attached hydrogens (tertiary/aromatic N) is 1. The molecule has 12 nitrogen and oxygen atoms in total. The van der Waals surface area contributed by atoms with Crippen LogP contribution in [0.1, 0.15) is 94.9 Å². The summed E-state index contributed by atoms with van der Waals surface area (Å²) in [4.78, 5) is 67.0. The second-order valence-corrected chi connectivity index (χ2v) is 18.1. The van der Waals surface area contributed by atoms with E-state index >= 15 is 0 Å². The second kappa shape index (κ2) is 14.2. The quantitative estimate of drug-likeness (QED) is 0.222. The Bertz CT molecular complexity index is 1200. The Hall–Kier alpha value is -2.70. The first-order chi connectivity index (χ1) is 20.0. The lowest BCUT2D eigenvalue weighted by Gasteiger charge is -2.37. The van der Waals surface area contributed by atoms with Gasteiger partial charge >= 0.3 is 6.03 Å². The smallest absolute Gasteiger partial charge is 0.315 e. The van der Waals surface area contributed by atoms with Crippen molar-refractivity contribution in [2.45, 2.75) is 124 Å². The molecular weight excluding hydrogens is 586 g/mol. The van der Waals surface area contributed by atoms with Crippen LogP contribution in [0.4, 0.5) is 4.79 Å². The molecule has 1 aliphatic carbocycles. The third kappa shape index (κ3) is 9.65. The van der Waals surface area contributed by atoms with E-state index in [-0.39, 0.29) is 36.0 Å². The minimum absolute atomic E-state index is 0.0261. The zero-order chi connectivity index (χ0) is 33.9. The van der Waals surface area contributed by atoms with Crippen LogP contribution in [0, 0.1) is 29.1 Å². The van der Waals surface area contributed by atoms with Gasteiger partial charge in [-0.1, -0.05) is 61.3 Å². The fraction of sp³-hybridized carbons (Fsp3) is 0.839. The van der Waals surface area contributed by atoms with E-state index in [0.717, 1.165) is 12.8 Å². The monoisotopic (exact) mass is 641 g/mol. The maximum absolute atomic E-state index is 14.2. The Morgan fingerprint density at radius 3 is 1.89 bits per heavy atom. The van der Waals surface area contributed by atoms with Crippen LogP contribution in [0.15, 0.2) is 0 Å². The van der Waals surface area contributed by atoms with Gasteiger partial charge in [-0.05, 0) is 62.7 Å². The number of amides is 5. The SMILES string of the molecule is CC(C)[C@H]1CCN(C(=O)[C@@H](NC(=O)N[C@H](CS(=O)(=O)C(C)(C)C)C(C)C)C(C)(C)C)[C@@H]1C(=O)NC(CC1CC1)C(=O)C(N)=O. The van der Waals surface area contributed by atoms with Crippen molar-refractivity contribution in [1.82, 2.24) is 20.9 Å². The molecule has 5 atom stereocenters. The van der Waals surface area contributed by atoms with E-state index < -0.39 is 73.7 Å². The van der Waals surface area contributed by atoms with E-state index in [9.17, 15) is 32.4 Å². The lowest BCUT2D eigenvalue weighted by atomic mass is 9.84. The van der Waals surface area contributed by atoms with Crippen molar-refractivity contribution in [3.63, 3.8) is 0 Å². The van der Waals surface area contributed by atoms with Crippen LogP contribution < -0.4 is 21.7 Å². The van der Waals surface area contributed by atoms with Crippen molar-refractivity contribution in [3.05, 3.63) is 0 Å². The summed E-state index contributed by atoms with van der Waals surface area (Å²) in [5.41, 5.74) is 4.50. The van der Waals surface area contributed by atoms with Crippen molar-refractivity contribution < 1.29 is 32.4 Å². The molecule has 2 fully saturated rings. The normalized spacial score (nSPS) is 21.5. The molecule has 44 heavy (non-hydrogen) atoms. The van der Waals surface area contributed by atoms with Crippen LogP contribution in [0.25, 0.3) is 0 Å². The predicted octanol–water partition coefficient (Wildman–Crippen LogP) is 2.15. The molecule has 2 aliphatic rings. The van der Waals surface area contributed by atoms with Gasteiger partial charge in [0.05, 0.1) is 16.5 Å². The first-order valence-electron chi connectivity index (χ1n) is 15.7. The lowest BCUT2D eigenvalue weighted by molar-refractivity contribution is -0.144. The van der Waals surface area contributed by atoms with Crippen LogP contribution in [-0.2, 0) is 29.0 Å². The molecule has 252 valence electrons. The van der Waals surface area contributed by atoms with Gasteiger partial charge < -0.3 is 26.6 Å². The Morgan fingerprint density at radius 2 is 1.45 bits per heavy atom. The van der Waals surface area contributed by atoms with Crippen LogP contribution in [0.2, 0.25) is 0 Å². The molecule has 1 heterocycles. The summed E-state index contributed by atoms with van der Waals surface area (Å²) < 4.78 is 24.8. The molecule has 0 bridgehead atoms. The zero-order valence-electron chi connectivity index (χ0n) is 28.2. The Labute approximate surface area is 263 Å². The van der Waals surface area contributed by atoms with Gasteiger partial charge in [-0.2, -0.15) is 0 Å². The highest BCUT2D eigenvalue weighted by molar-refractivity contribution is 7.92. The number of carbonyl (C=O) groups is 5. The van der Waals surface area contributed by atoms with Crippen molar-refractivity contribution >= 4 is 39.4 Å². The summed E-state index contributed by atoms with van der Waals surface area (Å²) in [5, 5.41) is 8.27. The summed E-state index contributed by atoms with van der Waals surface area (Å²) in [7, 11) is -3.55. The molecule has 5 N–H and O–H groups in total. The fourth-order valence-electron chi connectivity index (χ4n) is 5.49. The highest BCUT2D eigenvalue weighted by Gasteiger charge is 2.48. The van der Waals surface area contributed by atoms with Crippen molar-refractivity contribution in [2.75, 3.05) is 12.3 Å². The number of sulfone groups is 1. The van der Waals surface area contributed by atoms with E-state index in [1.54, 1.807) is 41.5 Å². The Balaban J connectivity index is 2.32. The van der Waals surface area contributed by atoms with Gasteiger partial charge in [0, 0.05) is 12.6 Å². The molecule has 0 aromatic rings. The maximum atomic E-state index is 14.2. The highest BCUT2D eigenvalue weighted by atomic mass is 32.2. The number of hydrogen-bond acceptors (Lipinski definition) is 7. The van der Waals surface area contributed by atoms with Gasteiger partial charge in [-0.15, -0.1) is 0 Å². The number of Topliss-reactive ketones (excluding diaryl/α,β-unsaturated/α-hetero) is 1. The third-order valence-electron chi connectivity index (χ3n) is 8.84. The second-order valence-electron chi connectivity index (χ2n) is 15.3. The van der Waals surface area contributed by atoms with Gasteiger partial charge in [0.15, 0.2) is 9.84 Å². The third-order valence-corrected chi connectivity index (χ3v) is 11.5. The van der Waals surface area contributed by atoms with E-state index in [1.165, 1.54) is 4.90 Å². The molecule has 1 unspecified atom stereocenters. The van der Waals surface area contributed by atoms with E-state index in [1.807, 2.05) is 27.7 Å². The topological polar surface area (TPSA) is 185 Å². The molecule has 0 radical (unpaired) electrons. The molecule has 1 saturated carbocycles. The van der Waals surface area contributed by atoms with Gasteiger partial charge in [0.2, 0.25) is 17.6 Å². The molecular formula is C31H55N5O7S. The average molecular weight is 642 g/mol. The predicted molar refractivity (Wildman–Crippen MR) is 169 cm³/mol. The molecule has 0 aromatic heterocycles. The van der Waals surface area contributed by atoms with Crippen molar-refractivity contribution in [1.29, 1.82) is 0 Å². The first-order valence-corrected chi connectivity index (χ1v) is 17.4. The number of nitrogens with two attached hydrogens (primary N) is 1. The van der Waals surface area contributed by atoms with E-state index in [0.29, 0.717) is 12.8 Å². The van der Waals surface area contributed by atoms with Gasteiger partial charge in [-0.3, -0.25) is 19.2 Å². The van der Waals surface area contributed by atoms with Crippen molar-refractivity contribution in [3.8, 4) is 0 Å². The Morgan fingerprint density at radius 1 is 0.886 bits per heavy atom. The molecule has 13 heteroatoms. The van der Waals surface area contributed by atoms with Crippen LogP contribution in [0.5, 0.6) is 0 Å². The standard InChI is InChI=1S/C31H55N5O7S/c1-17(2)20-13-14-36(23(20)27(39)33-21(15-19-11-12-19)24(37)26(32)38)28(40)25(30(5,6)7)35-29(41)34-22(18(3)4)16-44(42,43)31(8,9)10/h17-23,25H,11-16H2,1-10H3,(H2,32,38)(H,33,39)(H2,34,35,41)/t20-,21?,22-,23+,25-/m1/s1. The van der Waals surface area contributed by atoms with Gasteiger partial charge in [0.25, 0.3) is 5.91 Å². The lowest BCUT2D eigenvalue weighted by Crippen LogP contribution is -2.62. The summed E-state index contributed by atoms with van der Waals surface area (Å²) in [6, 6.07) is -4.40.